The van der Waals surface area contributed by atoms with Crippen molar-refractivity contribution in [3.05, 3.63) is 57.5 Å². The zero-order valence-electron chi connectivity index (χ0n) is 16.6. The third-order valence-corrected chi connectivity index (χ3v) is 4.43. The number of aromatic nitrogens is 2. The third-order valence-electron chi connectivity index (χ3n) is 4.43. The predicted molar refractivity (Wildman–Crippen MR) is 106 cm³/mol. The van der Waals surface area contributed by atoms with E-state index < -0.39 is 0 Å². The summed E-state index contributed by atoms with van der Waals surface area (Å²) >= 11 is 0. The van der Waals surface area contributed by atoms with Gasteiger partial charge in [0.15, 0.2) is 5.75 Å². The Morgan fingerprint density at radius 1 is 1.12 bits per heavy atom. The average molecular weight is 353 g/mol. The molecule has 0 saturated carbocycles. The molecule has 5 nitrogen and oxygen atoms in total. The van der Waals surface area contributed by atoms with Gasteiger partial charge in [-0.05, 0) is 32.9 Å². The molecule has 0 amide bonds. The molecule has 0 unspecified atom stereocenters. The lowest BCUT2D eigenvalue weighted by Crippen LogP contribution is -2.33. The lowest BCUT2D eigenvalue weighted by atomic mass is 9.89. The van der Waals surface area contributed by atoms with E-state index >= 15 is 0 Å². The Morgan fingerprint density at radius 2 is 1.77 bits per heavy atom. The van der Waals surface area contributed by atoms with Gasteiger partial charge in [0.25, 0.3) is 5.56 Å². The van der Waals surface area contributed by atoms with E-state index in [0.29, 0.717) is 11.4 Å². The number of para-hydroxylation sites is 2. The molecule has 0 aliphatic carbocycles. The van der Waals surface area contributed by atoms with Crippen LogP contribution in [0.2, 0.25) is 0 Å². The molecule has 3 rings (SSSR count). The van der Waals surface area contributed by atoms with E-state index in [0.717, 1.165) is 17.1 Å². The minimum absolute atomic E-state index is 0.0475. The maximum atomic E-state index is 13.0. The number of ether oxygens (including phenoxy) is 1. The van der Waals surface area contributed by atoms with Crippen molar-refractivity contribution in [1.29, 1.82) is 0 Å². The number of hydrogen-bond acceptors (Lipinski definition) is 3. The van der Waals surface area contributed by atoms with Gasteiger partial charge in [-0.3, -0.25) is 9.89 Å². The summed E-state index contributed by atoms with van der Waals surface area (Å²) in [6.45, 7) is 12.3. The van der Waals surface area contributed by atoms with E-state index in [4.69, 9.17) is 4.74 Å². The zero-order valence-corrected chi connectivity index (χ0v) is 16.6. The van der Waals surface area contributed by atoms with Crippen molar-refractivity contribution in [2.75, 3.05) is 11.9 Å². The van der Waals surface area contributed by atoms with Gasteiger partial charge in [-0.15, -0.1) is 0 Å². The van der Waals surface area contributed by atoms with Crippen LogP contribution in [0.5, 0.6) is 5.75 Å². The number of fused-ring (bicyclic) bond motifs is 1. The van der Waals surface area contributed by atoms with Crippen LogP contribution < -0.4 is 15.2 Å². The second-order valence-corrected chi connectivity index (χ2v) is 8.68. The minimum atomic E-state index is -0.326. The van der Waals surface area contributed by atoms with Crippen molar-refractivity contribution in [3.63, 3.8) is 0 Å². The fourth-order valence-corrected chi connectivity index (χ4v) is 2.99. The number of aromatic amines is 1. The van der Waals surface area contributed by atoms with Gasteiger partial charge in [0.2, 0.25) is 5.88 Å². The minimum Gasteiger partial charge on any atom is -0.432 e. The van der Waals surface area contributed by atoms with Crippen LogP contribution in [0.4, 0.5) is 5.69 Å². The molecule has 1 aliphatic heterocycles. The van der Waals surface area contributed by atoms with Gasteiger partial charge in [-0.1, -0.05) is 38.6 Å². The average Bonchev–Trinajstić information content (AvgIpc) is 3.03. The van der Waals surface area contributed by atoms with E-state index in [1.165, 1.54) is 0 Å². The molecular weight excluding hydrogens is 326 g/mol. The van der Waals surface area contributed by atoms with E-state index in [1.807, 2.05) is 57.0 Å². The first kappa shape index (κ1) is 18.2. The monoisotopic (exact) mass is 353 g/mol. The Balaban J connectivity index is 2.12. The first-order valence-electron chi connectivity index (χ1n) is 8.83. The van der Waals surface area contributed by atoms with Crippen molar-refractivity contribution in [2.24, 2.45) is 0 Å². The van der Waals surface area contributed by atoms with Gasteiger partial charge in [0, 0.05) is 18.5 Å². The first-order valence-corrected chi connectivity index (χ1v) is 8.83. The summed E-state index contributed by atoms with van der Waals surface area (Å²) in [5, 5.41) is 3.30. The SMILES string of the molecule is CN1C(=C=Cc2c(C(C)(C)C)[nH]n(C(C)(C)C)c2=O)Oc2ccccc21. The van der Waals surface area contributed by atoms with Crippen LogP contribution in [0.3, 0.4) is 0 Å². The Bertz CT molecular complexity index is 958. The molecule has 2 aromatic rings. The fourth-order valence-electron chi connectivity index (χ4n) is 2.99. The second kappa shape index (κ2) is 5.96. The van der Waals surface area contributed by atoms with E-state index in [1.54, 1.807) is 10.8 Å². The molecule has 0 radical (unpaired) electrons. The Kier molecular flexibility index (Phi) is 4.16. The highest BCUT2D eigenvalue weighted by atomic mass is 16.5. The van der Waals surface area contributed by atoms with E-state index in [9.17, 15) is 4.79 Å². The molecule has 138 valence electrons. The number of H-pyrrole nitrogens is 1. The number of benzene rings is 1. The number of nitrogens with zero attached hydrogens (tertiary/aromatic N) is 2. The maximum absolute atomic E-state index is 13.0. The molecule has 26 heavy (non-hydrogen) atoms. The molecule has 1 N–H and O–H groups in total. The molecule has 1 aromatic carbocycles. The maximum Gasteiger partial charge on any atom is 0.275 e. The standard InChI is InChI=1S/C21H27N3O2/c1-20(2,3)18-14(19(25)24(22-18)21(4,5)6)12-13-17-23(7)15-10-8-9-11-16(15)26-17/h8-12,22H,1-7H3. The van der Waals surface area contributed by atoms with Gasteiger partial charge in [-0.2, -0.15) is 0 Å². The number of nitrogens with one attached hydrogen (secondary N) is 1. The molecule has 0 bridgehead atoms. The summed E-state index contributed by atoms with van der Waals surface area (Å²) in [4.78, 5) is 14.9. The molecule has 0 fully saturated rings. The Morgan fingerprint density at radius 3 is 2.35 bits per heavy atom. The number of hydrogen-bond donors (Lipinski definition) is 1. The van der Waals surface area contributed by atoms with Crippen LogP contribution >= 0.6 is 0 Å². The highest BCUT2D eigenvalue weighted by molar-refractivity contribution is 5.66. The van der Waals surface area contributed by atoms with Gasteiger partial charge < -0.3 is 9.64 Å². The molecule has 2 heterocycles. The van der Waals surface area contributed by atoms with Crippen LogP contribution in [0.25, 0.3) is 6.08 Å². The molecule has 0 saturated heterocycles. The van der Waals surface area contributed by atoms with Crippen LogP contribution in [0.1, 0.15) is 52.8 Å². The normalized spacial score (nSPS) is 14.1. The van der Waals surface area contributed by atoms with Crippen molar-refractivity contribution < 1.29 is 4.74 Å². The van der Waals surface area contributed by atoms with Gasteiger partial charge in [-0.25, -0.2) is 4.68 Å². The van der Waals surface area contributed by atoms with Crippen molar-refractivity contribution in [1.82, 2.24) is 9.78 Å². The Labute approximate surface area is 154 Å². The highest BCUT2D eigenvalue weighted by Crippen LogP contribution is 2.37. The van der Waals surface area contributed by atoms with Crippen LogP contribution in [-0.4, -0.2) is 16.8 Å². The molecule has 5 heteroatoms. The topological polar surface area (TPSA) is 50.3 Å². The summed E-state index contributed by atoms with van der Waals surface area (Å²) < 4.78 is 7.54. The van der Waals surface area contributed by atoms with Gasteiger partial charge in [0.1, 0.15) is 0 Å². The highest BCUT2D eigenvalue weighted by Gasteiger charge is 2.27. The molecule has 1 aliphatic rings. The molecular formula is C21H27N3O2. The summed E-state index contributed by atoms with van der Waals surface area (Å²) in [7, 11) is 1.93. The van der Waals surface area contributed by atoms with Crippen molar-refractivity contribution >= 4 is 11.8 Å². The predicted octanol–water partition coefficient (Wildman–Crippen LogP) is 4.21. The second-order valence-electron chi connectivity index (χ2n) is 8.68. The summed E-state index contributed by atoms with van der Waals surface area (Å²) in [5.74, 6) is 1.37. The summed E-state index contributed by atoms with van der Waals surface area (Å²) in [6, 6.07) is 7.82. The third kappa shape index (κ3) is 3.11. The van der Waals surface area contributed by atoms with Crippen LogP contribution in [0, 0.1) is 0 Å². The number of rotatable bonds is 1. The van der Waals surface area contributed by atoms with Crippen molar-refractivity contribution in [3.8, 4) is 5.75 Å². The van der Waals surface area contributed by atoms with E-state index in [2.05, 4.69) is 31.6 Å². The van der Waals surface area contributed by atoms with E-state index in [-0.39, 0.29) is 16.5 Å². The van der Waals surface area contributed by atoms with Crippen LogP contribution in [-0.2, 0) is 11.0 Å². The summed E-state index contributed by atoms with van der Waals surface area (Å²) in [6.07, 6.45) is 1.74. The number of anilines is 1. The van der Waals surface area contributed by atoms with Gasteiger partial charge in [0.05, 0.1) is 22.5 Å². The lowest BCUT2D eigenvalue weighted by Gasteiger charge is -2.21. The fraction of sp³-hybridized carbons (Fsp3) is 0.429. The largest absolute Gasteiger partial charge is 0.432 e. The summed E-state index contributed by atoms with van der Waals surface area (Å²) in [5.41, 5.74) is 5.10. The first-order chi connectivity index (χ1) is 12.0. The Hall–Kier alpha value is -2.65. The quantitative estimate of drug-likeness (QED) is 0.781. The molecule has 1 aromatic heterocycles. The van der Waals surface area contributed by atoms with Crippen molar-refractivity contribution in [2.45, 2.75) is 52.5 Å². The molecule has 0 atom stereocenters. The lowest BCUT2D eigenvalue weighted by molar-refractivity contribution is 0.339. The van der Waals surface area contributed by atoms with Crippen LogP contribution in [0.15, 0.2) is 40.7 Å². The van der Waals surface area contributed by atoms with Gasteiger partial charge >= 0.3 is 0 Å². The molecule has 0 spiro atoms. The smallest absolute Gasteiger partial charge is 0.275 e. The zero-order chi connectivity index (χ0) is 19.3.